The van der Waals surface area contributed by atoms with Crippen LogP contribution in [-0.4, -0.2) is 18.1 Å². The predicted molar refractivity (Wildman–Crippen MR) is 76.8 cm³/mol. The van der Waals surface area contributed by atoms with Gasteiger partial charge in [-0.1, -0.05) is 13.8 Å². The Bertz CT molecular complexity index is 397. The molecule has 100 valence electrons. The van der Waals surface area contributed by atoms with Crippen LogP contribution in [0.5, 0.6) is 0 Å². The molecule has 2 rings (SSSR count). The smallest absolute Gasteiger partial charge is 0.129 e. The molecule has 0 amide bonds. The van der Waals surface area contributed by atoms with Crippen LogP contribution in [0.25, 0.3) is 0 Å². The summed E-state index contributed by atoms with van der Waals surface area (Å²) in [6.45, 7) is 9.34. The molecule has 1 aromatic rings. The van der Waals surface area contributed by atoms with Crippen molar-refractivity contribution in [1.82, 2.24) is 4.98 Å². The summed E-state index contributed by atoms with van der Waals surface area (Å²) in [4.78, 5) is 7.19. The lowest BCUT2D eigenvalue weighted by Crippen LogP contribution is -2.26. The predicted octanol–water partition coefficient (Wildman–Crippen LogP) is 2.90. The van der Waals surface area contributed by atoms with E-state index in [2.05, 4.69) is 37.8 Å². The van der Waals surface area contributed by atoms with Gasteiger partial charge in [-0.25, -0.2) is 4.98 Å². The van der Waals surface area contributed by atoms with Gasteiger partial charge in [0.25, 0.3) is 0 Å². The third-order valence-corrected chi connectivity index (χ3v) is 3.60. The van der Waals surface area contributed by atoms with Crippen molar-refractivity contribution in [3.05, 3.63) is 23.4 Å². The summed E-state index contributed by atoms with van der Waals surface area (Å²) in [6, 6.07) is 4.29. The summed E-state index contributed by atoms with van der Waals surface area (Å²) in [5.41, 5.74) is 8.14. The number of pyridine rings is 1. The molecule has 1 aliphatic rings. The van der Waals surface area contributed by atoms with E-state index in [-0.39, 0.29) is 0 Å². The molecule has 0 saturated heterocycles. The van der Waals surface area contributed by atoms with E-state index in [0.29, 0.717) is 12.5 Å². The van der Waals surface area contributed by atoms with E-state index in [1.54, 1.807) is 0 Å². The molecule has 1 aromatic heterocycles. The number of nitrogens with two attached hydrogens (primary N) is 1. The largest absolute Gasteiger partial charge is 0.357 e. The van der Waals surface area contributed by atoms with Crippen LogP contribution in [0.1, 0.15) is 50.8 Å². The van der Waals surface area contributed by atoms with Crippen molar-refractivity contribution in [2.45, 2.75) is 46.1 Å². The summed E-state index contributed by atoms with van der Waals surface area (Å²) in [6.07, 6.45) is 2.76. The van der Waals surface area contributed by atoms with Gasteiger partial charge in [0, 0.05) is 25.3 Å². The SMILES string of the molecule is CCN(CC1CC1)c1cc(CN)cc(C(C)C)n1. The van der Waals surface area contributed by atoms with Gasteiger partial charge < -0.3 is 10.6 Å². The lowest BCUT2D eigenvalue weighted by molar-refractivity contribution is 0.721. The van der Waals surface area contributed by atoms with Crippen molar-refractivity contribution >= 4 is 5.82 Å². The topological polar surface area (TPSA) is 42.1 Å². The van der Waals surface area contributed by atoms with Crippen LogP contribution in [0.3, 0.4) is 0 Å². The number of aromatic nitrogens is 1. The second-order valence-electron chi connectivity index (χ2n) is 5.60. The van der Waals surface area contributed by atoms with Crippen molar-refractivity contribution in [3.8, 4) is 0 Å². The zero-order valence-corrected chi connectivity index (χ0v) is 11.8. The first kappa shape index (κ1) is 13.3. The van der Waals surface area contributed by atoms with Crippen molar-refractivity contribution in [1.29, 1.82) is 0 Å². The van der Waals surface area contributed by atoms with Gasteiger partial charge in [0.1, 0.15) is 5.82 Å². The zero-order valence-electron chi connectivity index (χ0n) is 11.8. The molecule has 1 aliphatic carbocycles. The lowest BCUT2D eigenvalue weighted by atomic mass is 10.1. The molecule has 0 radical (unpaired) electrons. The molecule has 1 fully saturated rings. The minimum atomic E-state index is 0.454. The average molecular weight is 247 g/mol. The van der Waals surface area contributed by atoms with E-state index in [1.165, 1.54) is 18.4 Å². The van der Waals surface area contributed by atoms with Crippen molar-refractivity contribution in [2.75, 3.05) is 18.0 Å². The molecule has 0 aromatic carbocycles. The van der Waals surface area contributed by atoms with E-state index in [4.69, 9.17) is 10.7 Å². The normalized spacial score (nSPS) is 15.2. The molecule has 0 atom stereocenters. The van der Waals surface area contributed by atoms with Crippen LogP contribution in [0, 0.1) is 5.92 Å². The Morgan fingerprint density at radius 2 is 2.11 bits per heavy atom. The molecular formula is C15H25N3. The van der Waals surface area contributed by atoms with Gasteiger partial charge in [0.05, 0.1) is 0 Å². The maximum atomic E-state index is 5.80. The van der Waals surface area contributed by atoms with Gasteiger partial charge in [-0.2, -0.15) is 0 Å². The van der Waals surface area contributed by atoms with E-state index in [0.717, 1.165) is 30.5 Å². The molecule has 0 spiro atoms. The summed E-state index contributed by atoms with van der Waals surface area (Å²) in [5, 5.41) is 0. The fraction of sp³-hybridized carbons (Fsp3) is 0.667. The molecular weight excluding hydrogens is 222 g/mol. The van der Waals surface area contributed by atoms with E-state index >= 15 is 0 Å². The highest BCUT2D eigenvalue weighted by atomic mass is 15.2. The fourth-order valence-electron chi connectivity index (χ4n) is 2.17. The Balaban J connectivity index is 2.25. The van der Waals surface area contributed by atoms with Crippen LogP contribution < -0.4 is 10.6 Å². The Morgan fingerprint density at radius 1 is 1.39 bits per heavy atom. The van der Waals surface area contributed by atoms with Crippen molar-refractivity contribution < 1.29 is 0 Å². The fourth-order valence-corrected chi connectivity index (χ4v) is 2.17. The number of hydrogen-bond acceptors (Lipinski definition) is 3. The molecule has 0 bridgehead atoms. The Kier molecular flexibility index (Phi) is 4.23. The first-order chi connectivity index (χ1) is 8.63. The zero-order chi connectivity index (χ0) is 13.1. The summed E-state index contributed by atoms with van der Waals surface area (Å²) in [5.74, 6) is 2.45. The number of rotatable bonds is 6. The molecule has 1 heterocycles. The van der Waals surface area contributed by atoms with Gasteiger partial charge >= 0.3 is 0 Å². The standard InChI is InChI=1S/C15H25N3/c1-4-18(10-12-5-6-12)15-8-13(9-16)7-14(17-15)11(2)3/h7-8,11-12H,4-6,9-10,16H2,1-3H3. The maximum Gasteiger partial charge on any atom is 0.129 e. The third kappa shape index (κ3) is 3.22. The van der Waals surface area contributed by atoms with Gasteiger partial charge in [0.15, 0.2) is 0 Å². The Morgan fingerprint density at radius 3 is 2.61 bits per heavy atom. The van der Waals surface area contributed by atoms with Crippen LogP contribution in [0.2, 0.25) is 0 Å². The average Bonchev–Trinajstić information content (AvgIpc) is 3.19. The van der Waals surface area contributed by atoms with Crippen molar-refractivity contribution in [2.24, 2.45) is 11.7 Å². The molecule has 1 saturated carbocycles. The maximum absolute atomic E-state index is 5.80. The molecule has 0 unspecified atom stereocenters. The van der Waals surface area contributed by atoms with Crippen molar-refractivity contribution in [3.63, 3.8) is 0 Å². The highest BCUT2D eigenvalue weighted by Gasteiger charge is 2.24. The van der Waals surface area contributed by atoms with Crippen LogP contribution >= 0.6 is 0 Å². The minimum absolute atomic E-state index is 0.454. The van der Waals surface area contributed by atoms with Crippen LogP contribution in [0.15, 0.2) is 12.1 Å². The number of anilines is 1. The third-order valence-electron chi connectivity index (χ3n) is 3.60. The number of nitrogens with zero attached hydrogens (tertiary/aromatic N) is 2. The quantitative estimate of drug-likeness (QED) is 0.840. The van der Waals surface area contributed by atoms with Gasteiger partial charge in [-0.15, -0.1) is 0 Å². The first-order valence-electron chi connectivity index (χ1n) is 7.10. The van der Waals surface area contributed by atoms with Gasteiger partial charge in [0.2, 0.25) is 0 Å². The molecule has 2 N–H and O–H groups in total. The highest BCUT2D eigenvalue weighted by Crippen LogP contribution is 2.31. The second kappa shape index (κ2) is 5.70. The minimum Gasteiger partial charge on any atom is -0.357 e. The Hall–Kier alpha value is -1.09. The van der Waals surface area contributed by atoms with Gasteiger partial charge in [-0.3, -0.25) is 0 Å². The first-order valence-corrected chi connectivity index (χ1v) is 7.10. The monoisotopic (exact) mass is 247 g/mol. The summed E-state index contributed by atoms with van der Waals surface area (Å²) < 4.78 is 0. The van der Waals surface area contributed by atoms with Gasteiger partial charge in [-0.05, 0) is 49.3 Å². The van der Waals surface area contributed by atoms with E-state index in [1.807, 2.05) is 0 Å². The van der Waals surface area contributed by atoms with Crippen LogP contribution in [-0.2, 0) is 6.54 Å². The molecule has 3 heteroatoms. The van der Waals surface area contributed by atoms with Crippen LogP contribution in [0.4, 0.5) is 5.82 Å². The number of hydrogen-bond donors (Lipinski definition) is 1. The summed E-state index contributed by atoms with van der Waals surface area (Å²) >= 11 is 0. The lowest BCUT2D eigenvalue weighted by Gasteiger charge is -2.23. The molecule has 3 nitrogen and oxygen atoms in total. The van der Waals surface area contributed by atoms with E-state index < -0.39 is 0 Å². The second-order valence-corrected chi connectivity index (χ2v) is 5.60. The molecule has 0 aliphatic heterocycles. The highest BCUT2D eigenvalue weighted by molar-refractivity contribution is 5.43. The summed E-state index contributed by atoms with van der Waals surface area (Å²) in [7, 11) is 0. The Labute approximate surface area is 110 Å². The van der Waals surface area contributed by atoms with E-state index in [9.17, 15) is 0 Å². The molecule has 18 heavy (non-hydrogen) atoms.